The van der Waals surface area contributed by atoms with Crippen LogP contribution in [0.25, 0.3) is 10.2 Å². The third kappa shape index (κ3) is 2.69. The van der Waals surface area contributed by atoms with E-state index in [1.165, 1.54) is 5.56 Å². The molecule has 1 aromatic carbocycles. The van der Waals surface area contributed by atoms with Crippen LogP contribution in [0.2, 0.25) is 0 Å². The lowest BCUT2D eigenvalue weighted by molar-refractivity contribution is 0.410. The lowest BCUT2D eigenvalue weighted by atomic mass is 10.2. The third-order valence-electron chi connectivity index (χ3n) is 3.39. The van der Waals surface area contributed by atoms with Gasteiger partial charge in [0.25, 0.3) is 0 Å². The van der Waals surface area contributed by atoms with Crippen LogP contribution in [-0.2, 0) is 6.54 Å². The van der Waals surface area contributed by atoms with Crippen molar-refractivity contribution in [1.82, 2.24) is 9.97 Å². The summed E-state index contributed by atoms with van der Waals surface area (Å²) in [6.07, 6.45) is 3.60. The van der Waals surface area contributed by atoms with E-state index in [9.17, 15) is 0 Å². The van der Waals surface area contributed by atoms with Crippen LogP contribution in [0.5, 0.6) is 11.5 Å². The summed E-state index contributed by atoms with van der Waals surface area (Å²) in [6.45, 7) is 0.771. The molecule has 0 aliphatic carbocycles. The van der Waals surface area contributed by atoms with E-state index in [4.69, 9.17) is 14.5 Å². The van der Waals surface area contributed by atoms with Crippen molar-refractivity contribution in [3.63, 3.8) is 0 Å². The van der Waals surface area contributed by atoms with Gasteiger partial charge in [-0.2, -0.15) is 0 Å². The molecule has 2 aromatic heterocycles. The number of nitrogens with zero attached hydrogens (tertiary/aromatic N) is 3. The second-order valence-electron chi connectivity index (χ2n) is 4.86. The number of benzene rings is 1. The third-order valence-corrected chi connectivity index (χ3v) is 4.58. The molecule has 6 heteroatoms. The van der Waals surface area contributed by atoms with Crippen molar-refractivity contribution in [3.8, 4) is 11.5 Å². The molecule has 0 amide bonds. The number of hydrogen-bond acceptors (Lipinski definition) is 6. The molecule has 5 nitrogen and oxygen atoms in total. The van der Waals surface area contributed by atoms with Crippen molar-refractivity contribution in [1.29, 1.82) is 0 Å². The Bertz CT molecular complexity index is 733. The maximum Gasteiger partial charge on any atom is 0.186 e. The summed E-state index contributed by atoms with van der Waals surface area (Å²) in [5.41, 5.74) is 2.03. The van der Waals surface area contributed by atoms with Crippen LogP contribution < -0.4 is 14.4 Å². The molecule has 2 heterocycles. The van der Waals surface area contributed by atoms with Crippen molar-refractivity contribution in [2.45, 2.75) is 6.54 Å². The summed E-state index contributed by atoms with van der Waals surface area (Å²) in [7, 11) is 5.35. The maximum atomic E-state index is 5.43. The highest BCUT2D eigenvalue weighted by Crippen LogP contribution is 2.39. The molecule has 0 bridgehead atoms. The van der Waals surface area contributed by atoms with Gasteiger partial charge in [0, 0.05) is 26.0 Å². The van der Waals surface area contributed by atoms with Gasteiger partial charge in [-0.1, -0.05) is 11.3 Å². The highest BCUT2D eigenvalue weighted by Gasteiger charge is 2.16. The van der Waals surface area contributed by atoms with Gasteiger partial charge in [-0.05, 0) is 29.8 Å². The van der Waals surface area contributed by atoms with Crippen molar-refractivity contribution in [3.05, 3.63) is 42.2 Å². The molecule has 0 radical (unpaired) electrons. The number of pyridine rings is 1. The lowest BCUT2D eigenvalue weighted by Gasteiger charge is -2.15. The van der Waals surface area contributed by atoms with Gasteiger partial charge in [0.2, 0.25) is 0 Å². The number of anilines is 1. The molecule has 114 valence electrons. The monoisotopic (exact) mass is 315 g/mol. The van der Waals surface area contributed by atoms with E-state index in [2.05, 4.69) is 9.88 Å². The smallest absolute Gasteiger partial charge is 0.186 e. The van der Waals surface area contributed by atoms with E-state index in [1.54, 1.807) is 38.0 Å². The predicted octanol–water partition coefficient (Wildman–Crippen LogP) is 3.34. The standard InChI is InChI=1S/C16H17N3O2S/c1-19(10-11-6-8-17-9-7-11)16-18-14-12(20-2)4-5-13(21-3)15(14)22-16/h4-9H,10H2,1-3H3. The van der Waals surface area contributed by atoms with Crippen LogP contribution in [0.1, 0.15) is 5.56 Å². The summed E-state index contributed by atoms with van der Waals surface area (Å²) in [5.74, 6) is 1.58. The van der Waals surface area contributed by atoms with Crippen molar-refractivity contribution in [2.75, 3.05) is 26.2 Å². The predicted molar refractivity (Wildman–Crippen MR) is 89.1 cm³/mol. The average molecular weight is 315 g/mol. The van der Waals surface area contributed by atoms with Crippen LogP contribution in [0.15, 0.2) is 36.7 Å². The Balaban J connectivity index is 1.97. The SMILES string of the molecule is COc1ccc(OC)c2sc(N(C)Cc3ccncc3)nc12. The maximum absolute atomic E-state index is 5.43. The zero-order chi connectivity index (χ0) is 15.5. The lowest BCUT2D eigenvalue weighted by Crippen LogP contribution is -2.15. The fraction of sp³-hybridized carbons (Fsp3) is 0.250. The highest BCUT2D eigenvalue weighted by atomic mass is 32.1. The summed E-state index contributed by atoms with van der Waals surface area (Å²) in [5, 5.41) is 0.926. The Morgan fingerprint density at radius 3 is 2.41 bits per heavy atom. The number of methoxy groups -OCH3 is 2. The molecule has 0 fully saturated rings. The molecule has 0 aliphatic heterocycles. The van der Waals surface area contributed by atoms with Crippen molar-refractivity contribution < 1.29 is 9.47 Å². The zero-order valence-corrected chi connectivity index (χ0v) is 13.6. The fourth-order valence-electron chi connectivity index (χ4n) is 2.27. The van der Waals surface area contributed by atoms with Gasteiger partial charge in [0.1, 0.15) is 21.7 Å². The van der Waals surface area contributed by atoms with E-state index >= 15 is 0 Å². The molecule has 0 saturated heterocycles. The van der Waals surface area contributed by atoms with Crippen LogP contribution in [0.3, 0.4) is 0 Å². The zero-order valence-electron chi connectivity index (χ0n) is 12.7. The van der Waals surface area contributed by atoms with Crippen LogP contribution in [0.4, 0.5) is 5.13 Å². The fourth-order valence-corrected chi connectivity index (χ4v) is 3.30. The quantitative estimate of drug-likeness (QED) is 0.722. The topological polar surface area (TPSA) is 47.5 Å². The highest BCUT2D eigenvalue weighted by molar-refractivity contribution is 7.22. The molecule has 22 heavy (non-hydrogen) atoms. The molecule has 0 atom stereocenters. The Labute approximate surface area is 133 Å². The normalized spacial score (nSPS) is 10.7. The van der Waals surface area contributed by atoms with E-state index < -0.39 is 0 Å². The first-order valence-electron chi connectivity index (χ1n) is 6.84. The van der Waals surface area contributed by atoms with E-state index in [-0.39, 0.29) is 0 Å². The molecule has 0 N–H and O–H groups in total. The van der Waals surface area contributed by atoms with E-state index in [0.717, 1.165) is 33.4 Å². The summed E-state index contributed by atoms with van der Waals surface area (Å²) < 4.78 is 11.8. The minimum atomic E-state index is 0.760. The second kappa shape index (κ2) is 6.19. The Morgan fingerprint density at radius 1 is 1.05 bits per heavy atom. The van der Waals surface area contributed by atoms with E-state index in [0.29, 0.717) is 0 Å². The molecule has 0 aliphatic rings. The van der Waals surface area contributed by atoms with Crippen molar-refractivity contribution >= 4 is 26.7 Å². The number of hydrogen-bond donors (Lipinski definition) is 0. The molecule has 0 unspecified atom stereocenters. The first-order valence-corrected chi connectivity index (χ1v) is 7.66. The Kier molecular flexibility index (Phi) is 4.11. The average Bonchev–Trinajstić information content (AvgIpc) is 3.00. The molecule has 0 saturated carbocycles. The number of aromatic nitrogens is 2. The van der Waals surface area contributed by atoms with Crippen molar-refractivity contribution in [2.24, 2.45) is 0 Å². The summed E-state index contributed by atoms with van der Waals surface area (Å²) in [4.78, 5) is 10.9. The minimum absolute atomic E-state index is 0.760. The number of fused-ring (bicyclic) bond motifs is 1. The van der Waals surface area contributed by atoms with Gasteiger partial charge in [-0.15, -0.1) is 0 Å². The number of ether oxygens (including phenoxy) is 2. The van der Waals surface area contributed by atoms with Crippen LogP contribution in [0, 0.1) is 0 Å². The Morgan fingerprint density at radius 2 is 1.73 bits per heavy atom. The van der Waals surface area contributed by atoms with Gasteiger partial charge in [0.15, 0.2) is 5.13 Å². The summed E-state index contributed by atoms with van der Waals surface area (Å²) in [6, 6.07) is 7.80. The summed E-state index contributed by atoms with van der Waals surface area (Å²) >= 11 is 1.60. The molecular formula is C16H17N3O2S. The van der Waals surface area contributed by atoms with Gasteiger partial charge in [-0.25, -0.2) is 4.98 Å². The van der Waals surface area contributed by atoms with E-state index in [1.807, 2.05) is 31.3 Å². The van der Waals surface area contributed by atoms with Gasteiger partial charge in [0.05, 0.1) is 14.2 Å². The number of rotatable bonds is 5. The molecule has 3 aromatic rings. The van der Waals surface area contributed by atoms with Gasteiger partial charge >= 0.3 is 0 Å². The second-order valence-corrected chi connectivity index (χ2v) is 5.83. The first kappa shape index (κ1) is 14.6. The van der Waals surface area contributed by atoms with Crippen LogP contribution in [-0.4, -0.2) is 31.2 Å². The number of thiazole rings is 1. The molecule has 0 spiro atoms. The molecular weight excluding hydrogens is 298 g/mol. The molecule has 3 rings (SSSR count). The first-order chi connectivity index (χ1) is 10.7. The Hall–Kier alpha value is -2.34. The van der Waals surface area contributed by atoms with Gasteiger partial charge in [-0.3, -0.25) is 4.98 Å². The minimum Gasteiger partial charge on any atom is -0.495 e. The van der Waals surface area contributed by atoms with Crippen LogP contribution >= 0.6 is 11.3 Å². The largest absolute Gasteiger partial charge is 0.495 e. The van der Waals surface area contributed by atoms with Gasteiger partial charge < -0.3 is 14.4 Å².